The summed E-state index contributed by atoms with van der Waals surface area (Å²) >= 11 is -2.57. The number of anilines is 5. The molecule has 4 aromatic carbocycles. The molecule has 1 aromatic heterocycles. The van der Waals surface area contributed by atoms with Gasteiger partial charge in [-0.1, -0.05) is 30.3 Å². The lowest BCUT2D eigenvalue weighted by Crippen LogP contribution is -2.22. The van der Waals surface area contributed by atoms with E-state index in [1.54, 1.807) is 94.1 Å². The maximum atomic E-state index is 12.9. The normalized spacial score (nSPS) is 11.4. The molecule has 1 amide bonds. The number of rotatable bonds is 11. The van der Waals surface area contributed by atoms with Crippen molar-refractivity contribution in [3.05, 3.63) is 96.6 Å². The third kappa shape index (κ3) is 7.00. The van der Waals surface area contributed by atoms with Crippen LogP contribution in [0.25, 0.3) is 11.0 Å². The molecule has 0 aliphatic carbocycles. The minimum atomic E-state index is -2.57. The van der Waals surface area contributed by atoms with Gasteiger partial charge in [-0.05, 0) is 48.0 Å². The smallest absolute Gasteiger partial charge is 0.268 e. The second kappa shape index (κ2) is 13.2. The molecule has 11 nitrogen and oxygen atoms in total. The van der Waals surface area contributed by atoms with Gasteiger partial charge in [0.15, 0.2) is 11.6 Å². The Morgan fingerprint density at radius 2 is 1.47 bits per heavy atom. The van der Waals surface area contributed by atoms with Gasteiger partial charge in [0.05, 0.1) is 44.5 Å². The van der Waals surface area contributed by atoms with E-state index >= 15 is 0 Å². The number of carbonyl (C=O) groups is 1. The number of para-hydroxylation sites is 2. The number of hydrogen-bond acceptors (Lipinski definition) is 8. The van der Waals surface area contributed by atoms with E-state index in [1.165, 1.54) is 0 Å². The highest BCUT2D eigenvalue weighted by Gasteiger charge is 2.24. The van der Waals surface area contributed by atoms with Crippen molar-refractivity contribution >= 4 is 56.9 Å². The van der Waals surface area contributed by atoms with Gasteiger partial charge in [0.25, 0.3) is 11.3 Å². The first-order valence-corrected chi connectivity index (χ1v) is 14.1. The summed E-state index contributed by atoms with van der Waals surface area (Å²) in [6.07, 6.45) is 0.116. The Morgan fingerprint density at radius 1 is 0.791 bits per heavy atom. The van der Waals surface area contributed by atoms with Crippen LogP contribution in [0, 0.1) is 0 Å². The molecule has 5 rings (SSSR count). The van der Waals surface area contributed by atoms with Gasteiger partial charge in [-0.15, -0.1) is 0 Å². The van der Waals surface area contributed by atoms with Gasteiger partial charge in [-0.25, -0.2) is 18.5 Å². The van der Waals surface area contributed by atoms with Gasteiger partial charge < -0.3 is 24.8 Å². The first-order valence-electron chi connectivity index (χ1n) is 13.1. The maximum Gasteiger partial charge on any atom is 0.268 e. The van der Waals surface area contributed by atoms with Crippen molar-refractivity contribution < 1.29 is 27.8 Å². The molecular weight excluding hydrogens is 570 g/mol. The predicted octanol–water partition coefficient (Wildman–Crippen LogP) is 5.86. The van der Waals surface area contributed by atoms with Crippen LogP contribution in [0.4, 0.5) is 28.7 Å². The predicted molar refractivity (Wildman–Crippen MR) is 167 cm³/mol. The SMILES string of the molecule is COc1cccc(CC(=O)Nc2cccc(N(c3nc4ccccc4nc3Nc3cc(OC)cc(OC)c3)S(=O)O)c2)c1. The fraction of sp³-hybridized carbons (Fsp3) is 0.129. The Kier molecular flexibility index (Phi) is 8.99. The summed E-state index contributed by atoms with van der Waals surface area (Å²) in [7, 11) is 4.65. The van der Waals surface area contributed by atoms with Crippen LogP contribution < -0.4 is 29.1 Å². The summed E-state index contributed by atoms with van der Waals surface area (Å²) in [6.45, 7) is 0. The summed E-state index contributed by atoms with van der Waals surface area (Å²) in [6, 6.07) is 26.2. The summed E-state index contributed by atoms with van der Waals surface area (Å²) in [4.78, 5) is 22.3. The number of methoxy groups -OCH3 is 3. The monoisotopic (exact) mass is 599 g/mol. The molecule has 0 saturated carbocycles. The molecule has 3 N–H and O–H groups in total. The van der Waals surface area contributed by atoms with Crippen LogP contribution >= 0.6 is 0 Å². The zero-order valence-electron chi connectivity index (χ0n) is 23.6. The quantitative estimate of drug-likeness (QED) is 0.160. The van der Waals surface area contributed by atoms with Crippen molar-refractivity contribution in [1.29, 1.82) is 0 Å². The Morgan fingerprint density at radius 3 is 2.14 bits per heavy atom. The zero-order valence-corrected chi connectivity index (χ0v) is 24.4. The number of nitrogens with one attached hydrogen (secondary N) is 2. The van der Waals surface area contributed by atoms with E-state index in [-0.39, 0.29) is 24.0 Å². The molecule has 12 heteroatoms. The fourth-order valence-corrected chi connectivity index (χ4v) is 4.97. The van der Waals surface area contributed by atoms with Gasteiger partial charge in [-0.2, -0.15) is 0 Å². The Bertz CT molecular complexity index is 1780. The third-order valence-corrected chi connectivity index (χ3v) is 7.07. The number of benzene rings is 4. The topological polar surface area (TPSA) is 135 Å². The molecule has 0 radical (unpaired) electrons. The van der Waals surface area contributed by atoms with Gasteiger partial charge in [0, 0.05) is 29.6 Å². The molecule has 0 bridgehead atoms. The first kappa shape index (κ1) is 29.3. The van der Waals surface area contributed by atoms with Crippen LogP contribution in [0.15, 0.2) is 91.0 Å². The number of nitrogens with zero attached hydrogens (tertiary/aromatic N) is 3. The number of amides is 1. The van der Waals surface area contributed by atoms with E-state index in [1.807, 2.05) is 18.2 Å². The molecule has 220 valence electrons. The second-order valence-corrected chi connectivity index (χ2v) is 10.1. The molecule has 0 fully saturated rings. The van der Waals surface area contributed by atoms with Crippen LogP contribution in [0.1, 0.15) is 5.56 Å². The summed E-state index contributed by atoms with van der Waals surface area (Å²) < 4.78 is 40.5. The first-order chi connectivity index (χ1) is 20.9. The molecule has 0 spiro atoms. The van der Waals surface area contributed by atoms with E-state index in [0.717, 1.165) is 9.87 Å². The minimum absolute atomic E-state index is 0.0844. The minimum Gasteiger partial charge on any atom is -0.497 e. The summed E-state index contributed by atoms with van der Waals surface area (Å²) in [5.41, 5.74) is 3.17. The highest BCUT2D eigenvalue weighted by Crippen LogP contribution is 2.36. The van der Waals surface area contributed by atoms with Crippen molar-refractivity contribution in [3.8, 4) is 17.2 Å². The van der Waals surface area contributed by atoms with Crippen LogP contribution in [0.5, 0.6) is 17.2 Å². The maximum absolute atomic E-state index is 12.9. The number of fused-ring (bicyclic) bond motifs is 1. The molecule has 0 aliphatic rings. The Labute approximate surface area is 250 Å². The van der Waals surface area contributed by atoms with Crippen LogP contribution in [0.3, 0.4) is 0 Å². The molecule has 43 heavy (non-hydrogen) atoms. The summed E-state index contributed by atoms with van der Waals surface area (Å²) in [5.74, 6) is 1.77. The third-order valence-electron chi connectivity index (χ3n) is 6.38. The van der Waals surface area contributed by atoms with Crippen molar-refractivity contribution in [2.75, 3.05) is 36.3 Å². The zero-order chi connectivity index (χ0) is 30.3. The highest BCUT2D eigenvalue weighted by molar-refractivity contribution is 7.81. The van der Waals surface area contributed by atoms with Crippen LogP contribution in [-0.4, -0.2) is 46.0 Å². The lowest BCUT2D eigenvalue weighted by atomic mass is 10.1. The van der Waals surface area contributed by atoms with E-state index in [9.17, 15) is 13.6 Å². The van der Waals surface area contributed by atoms with Gasteiger partial charge in [0.1, 0.15) is 17.2 Å². The highest BCUT2D eigenvalue weighted by atomic mass is 32.2. The fourth-order valence-electron chi connectivity index (χ4n) is 4.40. The van der Waals surface area contributed by atoms with Crippen LogP contribution in [0.2, 0.25) is 0 Å². The van der Waals surface area contributed by atoms with Crippen LogP contribution in [-0.2, 0) is 22.5 Å². The Balaban J connectivity index is 1.51. The van der Waals surface area contributed by atoms with Crippen molar-refractivity contribution in [1.82, 2.24) is 9.97 Å². The van der Waals surface area contributed by atoms with Crippen molar-refractivity contribution in [2.24, 2.45) is 0 Å². The van der Waals surface area contributed by atoms with E-state index in [2.05, 4.69) is 10.6 Å². The largest absolute Gasteiger partial charge is 0.497 e. The molecule has 5 aromatic rings. The number of aromatic nitrogens is 2. The number of hydrogen-bond donors (Lipinski definition) is 3. The Hall–Kier alpha value is -5.20. The van der Waals surface area contributed by atoms with Gasteiger partial charge >= 0.3 is 0 Å². The number of carbonyl (C=O) groups excluding carboxylic acids is 1. The lowest BCUT2D eigenvalue weighted by Gasteiger charge is -2.23. The van der Waals surface area contributed by atoms with E-state index in [4.69, 9.17) is 24.2 Å². The molecule has 1 atom stereocenters. The average molecular weight is 600 g/mol. The lowest BCUT2D eigenvalue weighted by molar-refractivity contribution is -0.115. The van der Waals surface area contributed by atoms with Gasteiger partial charge in [-0.3, -0.25) is 9.35 Å². The number of ether oxygens (including phenoxy) is 3. The molecule has 0 saturated heterocycles. The molecule has 1 heterocycles. The molecule has 1 unspecified atom stereocenters. The van der Waals surface area contributed by atoms with E-state index in [0.29, 0.717) is 45.3 Å². The second-order valence-electron chi connectivity index (χ2n) is 9.26. The van der Waals surface area contributed by atoms with Crippen molar-refractivity contribution in [2.45, 2.75) is 6.42 Å². The van der Waals surface area contributed by atoms with Gasteiger partial charge in [0.2, 0.25) is 5.91 Å². The molecular formula is C31H29N5O6S. The standard InChI is InChI=1S/C31H29N5O6S/c1-40-24-11-6-8-20(14-24)15-29(37)32-21-9-7-10-23(16-21)36(43(38)39)31-30(34-27-12-4-5-13-28(27)35-31)33-22-17-25(41-2)19-26(18-22)42-3/h4-14,16-19H,15H2,1-3H3,(H,32,37)(H,33,34)(H,38,39). The average Bonchev–Trinajstić information content (AvgIpc) is 3.01. The summed E-state index contributed by atoms with van der Waals surface area (Å²) in [5, 5.41) is 6.06. The van der Waals surface area contributed by atoms with E-state index < -0.39 is 11.3 Å². The molecule has 0 aliphatic heterocycles. The van der Waals surface area contributed by atoms with Crippen molar-refractivity contribution in [3.63, 3.8) is 0 Å².